The van der Waals surface area contributed by atoms with E-state index in [4.69, 9.17) is 0 Å². The Morgan fingerprint density at radius 3 is 2.54 bits per heavy atom. The Hall–Kier alpha value is -0.410. The minimum absolute atomic E-state index is 0. The molecule has 0 bridgehead atoms. The second-order valence-electron chi connectivity index (χ2n) is 7.65. The first-order chi connectivity index (χ1) is 12.2. The standard InChI is InChI=1S/C19H33N5S.HI/c1-14(2)18-22-16(13-25-18)12-21-19(20-3)23-15-8-10-24(11-9-15)17-6-4-5-7-17;/h13-15,17H,4-12H2,1-3H3,(H2,20,21,23);1H. The molecule has 2 fully saturated rings. The largest absolute Gasteiger partial charge is 0.354 e. The first kappa shape index (κ1) is 21.9. The van der Waals surface area contributed by atoms with Crippen molar-refractivity contribution in [2.24, 2.45) is 4.99 Å². The lowest BCUT2D eigenvalue weighted by atomic mass is 10.0. The summed E-state index contributed by atoms with van der Waals surface area (Å²) in [5.74, 6) is 1.40. The van der Waals surface area contributed by atoms with Crippen LogP contribution in [0.4, 0.5) is 0 Å². The number of hydrogen-bond donors (Lipinski definition) is 2. The summed E-state index contributed by atoms with van der Waals surface area (Å²) >= 11 is 1.75. The predicted molar refractivity (Wildman–Crippen MR) is 122 cm³/mol. The number of hydrogen-bond acceptors (Lipinski definition) is 4. The summed E-state index contributed by atoms with van der Waals surface area (Å²) in [7, 11) is 1.85. The van der Waals surface area contributed by atoms with Gasteiger partial charge in [-0.15, -0.1) is 35.3 Å². The van der Waals surface area contributed by atoms with E-state index in [1.165, 1.54) is 56.6 Å². The fourth-order valence-corrected chi connectivity index (χ4v) is 4.74. The lowest BCUT2D eigenvalue weighted by Gasteiger charge is -2.36. The number of thiazole rings is 1. The van der Waals surface area contributed by atoms with Crippen molar-refractivity contribution in [1.29, 1.82) is 0 Å². The molecule has 1 aliphatic carbocycles. The van der Waals surface area contributed by atoms with E-state index < -0.39 is 0 Å². The van der Waals surface area contributed by atoms with Crippen molar-refractivity contribution in [3.63, 3.8) is 0 Å². The number of likely N-dealkylation sites (tertiary alicyclic amines) is 1. The second kappa shape index (κ2) is 10.8. The maximum Gasteiger partial charge on any atom is 0.191 e. The third-order valence-corrected chi connectivity index (χ3v) is 6.63. The number of halogens is 1. The third-order valence-electron chi connectivity index (χ3n) is 5.44. The van der Waals surface area contributed by atoms with Gasteiger partial charge in [0.1, 0.15) is 0 Å². The molecule has 1 aromatic heterocycles. The Kier molecular flexibility index (Phi) is 9.09. The van der Waals surface area contributed by atoms with Crippen LogP contribution in [0.1, 0.15) is 69.0 Å². The Bertz CT molecular complexity index is 560. The van der Waals surface area contributed by atoms with Gasteiger partial charge < -0.3 is 15.5 Å². The van der Waals surface area contributed by atoms with E-state index in [1.54, 1.807) is 11.3 Å². The van der Waals surface area contributed by atoms with Gasteiger partial charge in [0.15, 0.2) is 5.96 Å². The zero-order valence-corrected chi connectivity index (χ0v) is 19.5. The highest BCUT2D eigenvalue weighted by Crippen LogP contribution is 2.26. The molecule has 7 heteroatoms. The van der Waals surface area contributed by atoms with Crippen molar-refractivity contribution in [2.75, 3.05) is 20.1 Å². The highest BCUT2D eigenvalue weighted by Gasteiger charge is 2.27. The van der Waals surface area contributed by atoms with Crippen LogP contribution >= 0.6 is 35.3 Å². The first-order valence-corrected chi connectivity index (χ1v) is 10.7. The minimum Gasteiger partial charge on any atom is -0.354 e. The summed E-state index contributed by atoms with van der Waals surface area (Å²) in [5, 5.41) is 10.4. The normalized spacial score (nSPS) is 20.4. The van der Waals surface area contributed by atoms with E-state index >= 15 is 0 Å². The third kappa shape index (κ3) is 6.05. The van der Waals surface area contributed by atoms with Gasteiger partial charge in [-0.25, -0.2) is 4.98 Å². The molecule has 2 aliphatic rings. The number of piperidine rings is 1. The van der Waals surface area contributed by atoms with Crippen LogP contribution in [-0.2, 0) is 6.54 Å². The van der Waals surface area contributed by atoms with Crippen molar-refractivity contribution in [3.05, 3.63) is 16.1 Å². The molecule has 1 saturated heterocycles. The number of nitrogens with zero attached hydrogens (tertiary/aromatic N) is 3. The topological polar surface area (TPSA) is 52.6 Å². The van der Waals surface area contributed by atoms with Gasteiger partial charge in [0.05, 0.1) is 17.2 Å². The maximum atomic E-state index is 4.68. The summed E-state index contributed by atoms with van der Waals surface area (Å²) in [6.07, 6.45) is 8.10. The van der Waals surface area contributed by atoms with Crippen LogP contribution in [0.25, 0.3) is 0 Å². The zero-order valence-electron chi connectivity index (χ0n) is 16.3. The molecule has 1 aliphatic heterocycles. The smallest absolute Gasteiger partial charge is 0.191 e. The molecule has 2 heterocycles. The molecule has 0 unspecified atom stereocenters. The highest BCUT2D eigenvalue weighted by atomic mass is 127. The van der Waals surface area contributed by atoms with Crippen LogP contribution in [0.2, 0.25) is 0 Å². The van der Waals surface area contributed by atoms with E-state index in [9.17, 15) is 0 Å². The first-order valence-electron chi connectivity index (χ1n) is 9.81. The Morgan fingerprint density at radius 1 is 1.27 bits per heavy atom. The van der Waals surface area contributed by atoms with E-state index in [2.05, 4.69) is 44.7 Å². The Morgan fingerprint density at radius 2 is 1.96 bits per heavy atom. The summed E-state index contributed by atoms with van der Waals surface area (Å²) < 4.78 is 0. The van der Waals surface area contributed by atoms with E-state index in [0.29, 0.717) is 12.0 Å². The van der Waals surface area contributed by atoms with Gasteiger partial charge in [-0.3, -0.25) is 4.99 Å². The van der Waals surface area contributed by atoms with Gasteiger partial charge >= 0.3 is 0 Å². The van der Waals surface area contributed by atoms with Crippen LogP contribution in [0.15, 0.2) is 10.4 Å². The van der Waals surface area contributed by atoms with Crippen LogP contribution in [0, 0.1) is 0 Å². The Labute approximate surface area is 179 Å². The maximum absolute atomic E-state index is 4.68. The predicted octanol–water partition coefficient (Wildman–Crippen LogP) is 3.96. The van der Waals surface area contributed by atoms with Crippen molar-refractivity contribution in [2.45, 2.75) is 76.9 Å². The molecule has 0 aromatic carbocycles. The lowest BCUT2D eigenvalue weighted by Crippen LogP contribution is -2.50. The van der Waals surface area contributed by atoms with Crippen molar-refractivity contribution < 1.29 is 0 Å². The number of aliphatic imine (C=N–C) groups is 1. The molecule has 0 radical (unpaired) electrons. The van der Waals surface area contributed by atoms with Crippen LogP contribution in [0.5, 0.6) is 0 Å². The molecule has 2 N–H and O–H groups in total. The molecule has 1 aromatic rings. The van der Waals surface area contributed by atoms with Crippen molar-refractivity contribution in [3.8, 4) is 0 Å². The Balaban J connectivity index is 0.00000243. The van der Waals surface area contributed by atoms with Gasteiger partial charge in [-0.05, 0) is 25.7 Å². The molecular formula is C19H34IN5S. The summed E-state index contributed by atoms with van der Waals surface area (Å²) in [6.45, 7) is 7.57. The zero-order chi connectivity index (χ0) is 17.6. The average Bonchev–Trinajstić information content (AvgIpc) is 3.31. The van der Waals surface area contributed by atoms with Gasteiger partial charge in [-0.2, -0.15) is 0 Å². The van der Waals surface area contributed by atoms with E-state index in [0.717, 1.165) is 24.2 Å². The van der Waals surface area contributed by atoms with Gasteiger partial charge in [0, 0.05) is 43.5 Å². The fourth-order valence-electron chi connectivity index (χ4n) is 3.91. The lowest BCUT2D eigenvalue weighted by molar-refractivity contribution is 0.150. The quantitative estimate of drug-likeness (QED) is 0.372. The van der Waals surface area contributed by atoms with Crippen LogP contribution in [0.3, 0.4) is 0 Å². The van der Waals surface area contributed by atoms with E-state index in [-0.39, 0.29) is 24.0 Å². The minimum atomic E-state index is 0. The summed E-state index contributed by atoms with van der Waals surface area (Å²) in [4.78, 5) is 11.8. The average molecular weight is 491 g/mol. The monoisotopic (exact) mass is 491 g/mol. The molecule has 5 nitrogen and oxygen atoms in total. The molecule has 148 valence electrons. The van der Waals surface area contributed by atoms with E-state index in [1.807, 2.05) is 7.05 Å². The van der Waals surface area contributed by atoms with Gasteiger partial charge in [-0.1, -0.05) is 26.7 Å². The number of guanidine groups is 1. The molecule has 0 spiro atoms. The van der Waals surface area contributed by atoms with Crippen molar-refractivity contribution in [1.82, 2.24) is 20.5 Å². The molecule has 26 heavy (non-hydrogen) atoms. The SMILES string of the molecule is CN=C(NCc1csc(C(C)C)n1)NC1CCN(C2CCCC2)CC1.I. The van der Waals surface area contributed by atoms with Gasteiger partial charge in [0.25, 0.3) is 0 Å². The molecule has 1 saturated carbocycles. The molecule has 0 amide bonds. The number of rotatable bonds is 5. The highest BCUT2D eigenvalue weighted by molar-refractivity contribution is 14.0. The number of nitrogens with one attached hydrogen (secondary N) is 2. The number of aromatic nitrogens is 1. The molecule has 3 rings (SSSR count). The molecular weight excluding hydrogens is 457 g/mol. The second-order valence-corrected chi connectivity index (χ2v) is 8.54. The van der Waals surface area contributed by atoms with Crippen LogP contribution < -0.4 is 10.6 Å². The van der Waals surface area contributed by atoms with Gasteiger partial charge in [0.2, 0.25) is 0 Å². The van der Waals surface area contributed by atoms with Crippen molar-refractivity contribution >= 4 is 41.3 Å². The fraction of sp³-hybridized carbons (Fsp3) is 0.789. The van der Waals surface area contributed by atoms with Crippen LogP contribution in [-0.4, -0.2) is 48.1 Å². The summed E-state index contributed by atoms with van der Waals surface area (Å²) in [5.41, 5.74) is 1.10. The summed E-state index contributed by atoms with van der Waals surface area (Å²) in [6, 6.07) is 1.39. The molecule has 0 atom stereocenters.